The molecule has 160 valence electrons. The molecule has 2 aromatic carbocycles. The molecule has 1 aliphatic heterocycles. The summed E-state index contributed by atoms with van der Waals surface area (Å²) in [7, 11) is 0. The lowest BCUT2D eigenvalue weighted by Gasteiger charge is -2.42. The minimum Gasteiger partial charge on any atom is -0.493 e. The van der Waals surface area contributed by atoms with E-state index < -0.39 is 17.1 Å². The lowest BCUT2D eigenvalue weighted by atomic mass is 9.77. The van der Waals surface area contributed by atoms with Crippen molar-refractivity contribution in [3.8, 4) is 11.5 Å². The third-order valence-corrected chi connectivity index (χ3v) is 5.30. The molecule has 1 saturated heterocycles. The zero-order chi connectivity index (χ0) is 21.6. The fraction of sp³-hybridized carbons (Fsp3) is 0.364. The summed E-state index contributed by atoms with van der Waals surface area (Å²) in [5.41, 5.74) is 4.90. The number of nitrogens with zero attached hydrogens (tertiary/aromatic N) is 1. The van der Waals surface area contributed by atoms with Crippen molar-refractivity contribution in [2.24, 2.45) is 11.1 Å². The summed E-state index contributed by atoms with van der Waals surface area (Å²) in [5.74, 6) is -0.251. The highest BCUT2D eigenvalue weighted by atomic mass is 35.5. The van der Waals surface area contributed by atoms with Crippen LogP contribution < -0.4 is 15.2 Å². The first-order valence-electron chi connectivity index (χ1n) is 9.68. The molecule has 1 aliphatic rings. The smallest absolute Gasteiger partial charge is 0.260 e. The van der Waals surface area contributed by atoms with Gasteiger partial charge in [0.1, 0.15) is 17.3 Å². The number of hydrogen-bond donors (Lipinski definition) is 1. The third-order valence-electron chi connectivity index (χ3n) is 5.06. The standard InChI is InChI=1S/C22H24ClFN2O4/c23-16-4-1-6-18(10-16)30-15-22(12-20(25)27)8-3-9-26(14-22)21(28)13-29-19-7-2-5-17(24)11-19/h1-2,4-7,10-11H,3,8-9,12-15H2,(H2,25,27)/t22-/m0/s1. The molecule has 1 atom stereocenters. The van der Waals surface area contributed by atoms with E-state index in [2.05, 4.69) is 0 Å². The average molecular weight is 435 g/mol. The monoisotopic (exact) mass is 434 g/mol. The summed E-state index contributed by atoms with van der Waals surface area (Å²) < 4.78 is 24.6. The van der Waals surface area contributed by atoms with Crippen molar-refractivity contribution in [3.05, 3.63) is 59.4 Å². The van der Waals surface area contributed by atoms with E-state index in [0.29, 0.717) is 36.7 Å². The van der Waals surface area contributed by atoms with Crippen LogP contribution in [0.3, 0.4) is 0 Å². The number of ether oxygens (including phenoxy) is 2. The quantitative estimate of drug-likeness (QED) is 0.690. The predicted octanol–water partition coefficient (Wildman–Crippen LogP) is 3.42. The Morgan fingerprint density at radius 2 is 1.87 bits per heavy atom. The van der Waals surface area contributed by atoms with Gasteiger partial charge in [-0.25, -0.2) is 4.39 Å². The van der Waals surface area contributed by atoms with Crippen LogP contribution in [-0.4, -0.2) is 43.0 Å². The second-order valence-corrected chi connectivity index (χ2v) is 7.99. The molecule has 2 N–H and O–H groups in total. The van der Waals surface area contributed by atoms with Crippen LogP contribution in [0.1, 0.15) is 19.3 Å². The summed E-state index contributed by atoms with van der Waals surface area (Å²) >= 11 is 6.00. The number of carbonyl (C=O) groups excluding carboxylic acids is 2. The van der Waals surface area contributed by atoms with Crippen LogP contribution in [0.15, 0.2) is 48.5 Å². The Balaban J connectivity index is 1.65. The Morgan fingerprint density at radius 1 is 1.13 bits per heavy atom. The normalized spacial score (nSPS) is 18.7. The Hall–Kier alpha value is -2.80. The summed E-state index contributed by atoms with van der Waals surface area (Å²) in [6.07, 6.45) is 1.50. The second kappa shape index (κ2) is 9.80. The van der Waals surface area contributed by atoms with Crippen molar-refractivity contribution in [2.75, 3.05) is 26.3 Å². The number of piperidine rings is 1. The molecule has 6 nitrogen and oxygen atoms in total. The van der Waals surface area contributed by atoms with Gasteiger partial charge in [-0.05, 0) is 43.2 Å². The van der Waals surface area contributed by atoms with E-state index in [-0.39, 0.29) is 31.3 Å². The molecule has 0 radical (unpaired) electrons. The minimum atomic E-state index is -0.596. The summed E-state index contributed by atoms with van der Waals surface area (Å²) in [6.45, 7) is 0.876. The number of benzene rings is 2. The lowest BCUT2D eigenvalue weighted by molar-refractivity contribution is -0.139. The van der Waals surface area contributed by atoms with Gasteiger partial charge in [0, 0.05) is 36.0 Å². The molecule has 30 heavy (non-hydrogen) atoms. The Bertz CT molecular complexity index is 910. The maximum Gasteiger partial charge on any atom is 0.260 e. The van der Waals surface area contributed by atoms with Crippen LogP contribution >= 0.6 is 11.6 Å². The average Bonchev–Trinajstić information content (AvgIpc) is 2.70. The highest BCUT2D eigenvalue weighted by Gasteiger charge is 2.39. The van der Waals surface area contributed by atoms with Gasteiger partial charge >= 0.3 is 0 Å². The number of primary amides is 1. The van der Waals surface area contributed by atoms with Crippen molar-refractivity contribution in [1.82, 2.24) is 4.90 Å². The Kier molecular flexibility index (Phi) is 7.15. The molecule has 2 amide bonds. The topological polar surface area (TPSA) is 81.9 Å². The van der Waals surface area contributed by atoms with E-state index in [9.17, 15) is 14.0 Å². The van der Waals surface area contributed by atoms with Crippen molar-refractivity contribution < 1.29 is 23.5 Å². The first kappa shape index (κ1) is 21.9. The van der Waals surface area contributed by atoms with Crippen LogP contribution in [0, 0.1) is 11.2 Å². The molecule has 3 rings (SSSR count). The van der Waals surface area contributed by atoms with Crippen molar-refractivity contribution in [2.45, 2.75) is 19.3 Å². The number of hydrogen-bond acceptors (Lipinski definition) is 4. The molecule has 0 spiro atoms. The molecule has 8 heteroatoms. The molecule has 1 heterocycles. The zero-order valence-corrected chi connectivity index (χ0v) is 17.2. The largest absolute Gasteiger partial charge is 0.493 e. The number of likely N-dealkylation sites (tertiary alicyclic amines) is 1. The van der Waals surface area contributed by atoms with Crippen LogP contribution in [0.25, 0.3) is 0 Å². The Morgan fingerprint density at radius 3 is 2.57 bits per heavy atom. The second-order valence-electron chi connectivity index (χ2n) is 7.55. The highest BCUT2D eigenvalue weighted by molar-refractivity contribution is 6.30. The molecule has 0 aliphatic carbocycles. The van der Waals surface area contributed by atoms with Gasteiger partial charge in [0.05, 0.1) is 6.61 Å². The molecule has 0 unspecified atom stereocenters. The fourth-order valence-corrected chi connectivity index (χ4v) is 3.87. The maximum atomic E-state index is 13.3. The van der Waals surface area contributed by atoms with E-state index >= 15 is 0 Å². The number of carbonyl (C=O) groups is 2. The van der Waals surface area contributed by atoms with Gasteiger partial charge in [-0.3, -0.25) is 9.59 Å². The van der Waals surface area contributed by atoms with Crippen molar-refractivity contribution >= 4 is 23.4 Å². The van der Waals surface area contributed by atoms with Gasteiger partial charge in [-0.1, -0.05) is 23.7 Å². The van der Waals surface area contributed by atoms with Gasteiger partial charge in [0.2, 0.25) is 5.91 Å². The van der Waals surface area contributed by atoms with Crippen LogP contribution in [0.2, 0.25) is 5.02 Å². The summed E-state index contributed by atoms with van der Waals surface area (Å²) in [4.78, 5) is 26.1. The number of amides is 2. The number of halogens is 2. The van der Waals surface area contributed by atoms with Gasteiger partial charge < -0.3 is 20.1 Å². The highest BCUT2D eigenvalue weighted by Crippen LogP contribution is 2.34. The van der Waals surface area contributed by atoms with Crippen LogP contribution in [0.5, 0.6) is 11.5 Å². The summed E-state index contributed by atoms with van der Waals surface area (Å²) in [6, 6.07) is 12.6. The maximum absolute atomic E-state index is 13.3. The Labute approximate surface area is 179 Å². The first-order chi connectivity index (χ1) is 14.3. The van der Waals surface area contributed by atoms with E-state index in [4.69, 9.17) is 26.8 Å². The number of rotatable bonds is 8. The van der Waals surface area contributed by atoms with Gasteiger partial charge in [0.15, 0.2) is 6.61 Å². The molecular weight excluding hydrogens is 411 g/mol. The van der Waals surface area contributed by atoms with E-state index in [1.54, 1.807) is 35.2 Å². The molecule has 0 aromatic heterocycles. The molecule has 0 saturated carbocycles. The first-order valence-corrected chi connectivity index (χ1v) is 10.1. The summed E-state index contributed by atoms with van der Waals surface area (Å²) in [5, 5.41) is 0.548. The van der Waals surface area contributed by atoms with Crippen molar-refractivity contribution in [3.63, 3.8) is 0 Å². The predicted molar refractivity (Wildman–Crippen MR) is 111 cm³/mol. The van der Waals surface area contributed by atoms with Gasteiger partial charge in [-0.2, -0.15) is 0 Å². The van der Waals surface area contributed by atoms with Gasteiger partial charge in [-0.15, -0.1) is 0 Å². The molecule has 0 bridgehead atoms. The van der Waals surface area contributed by atoms with Crippen LogP contribution in [-0.2, 0) is 9.59 Å². The number of nitrogens with two attached hydrogens (primary N) is 1. The lowest BCUT2D eigenvalue weighted by Crippen LogP contribution is -2.51. The third kappa shape index (κ3) is 6.10. The zero-order valence-electron chi connectivity index (χ0n) is 16.5. The fourth-order valence-electron chi connectivity index (χ4n) is 3.69. The van der Waals surface area contributed by atoms with Crippen LogP contribution in [0.4, 0.5) is 4.39 Å². The van der Waals surface area contributed by atoms with Gasteiger partial charge in [0.25, 0.3) is 5.91 Å². The minimum absolute atomic E-state index is 0.0993. The van der Waals surface area contributed by atoms with E-state index in [1.165, 1.54) is 18.2 Å². The molecule has 2 aromatic rings. The van der Waals surface area contributed by atoms with Crippen molar-refractivity contribution in [1.29, 1.82) is 0 Å². The van der Waals surface area contributed by atoms with E-state index in [1.807, 2.05) is 0 Å². The molecule has 1 fully saturated rings. The van der Waals surface area contributed by atoms with E-state index in [0.717, 1.165) is 0 Å². The molecular formula is C22H24ClFN2O4. The SMILES string of the molecule is NC(=O)C[C@@]1(COc2cccc(Cl)c2)CCCN(C(=O)COc2cccc(F)c2)C1.